The molecule has 0 fully saturated rings. The van der Waals surface area contributed by atoms with Gasteiger partial charge in [0.25, 0.3) is 5.91 Å². The molecule has 0 saturated carbocycles. The lowest BCUT2D eigenvalue weighted by Crippen LogP contribution is -2.30. The van der Waals surface area contributed by atoms with Gasteiger partial charge in [-0.1, -0.05) is 29.8 Å². The van der Waals surface area contributed by atoms with Gasteiger partial charge in [0.05, 0.1) is 17.8 Å². The molecule has 0 aliphatic carbocycles. The summed E-state index contributed by atoms with van der Waals surface area (Å²) in [5.74, 6) is -0.892. The lowest BCUT2D eigenvalue weighted by atomic mass is 10.1. The van der Waals surface area contributed by atoms with Crippen molar-refractivity contribution in [1.82, 2.24) is 9.78 Å². The summed E-state index contributed by atoms with van der Waals surface area (Å²) in [6, 6.07) is 16.4. The highest BCUT2D eigenvalue weighted by Crippen LogP contribution is 2.19. The van der Waals surface area contributed by atoms with E-state index in [0.717, 1.165) is 22.6 Å². The molecule has 1 amide bonds. The monoisotopic (exact) mass is 411 g/mol. The minimum absolute atomic E-state index is 0.0447. The molecule has 1 unspecified atom stereocenters. The Morgan fingerprint density at radius 2 is 1.76 bits per heavy atom. The summed E-state index contributed by atoms with van der Waals surface area (Å²) in [6.07, 6.45) is -0.883. The topological polar surface area (TPSA) is 73.2 Å². The number of benzene rings is 2. The molecule has 1 atom stereocenters. The average Bonchev–Trinajstić information content (AvgIpc) is 2.98. The van der Waals surface area contributed by atoms with Crippen molar-refractivity contribution in [2.75, 3.05) is 5.32 Å². The summed E-state index contributed by atoms with van der Waals surface area (Å²) >= 11 is 5.83. The van der Waals surface area contributed by atoms with Crippen LogP contribution >= 0.6 is 11.6 Å². The van der Waals surface area contributed by atoms with Crippen molar-refractivity contribution >= 4 is 29.2 Å². The second kappa shape index (κ2) is 8.92. The number of halogens is 1. The number of aryl methyl sites for hydroxylation is 1. The Bertz CT molecular complexity index is 1010. The molecule has 29 heavy (non-hydrogen) atoms. The summed E-state index contributed by atoms with van der Waals surface area (Å²) in [7, 11) is 0. The molecule has 150 valence electrons. The van der Waals surface area contributed by atoms with Crippen LogP contribution in [0.4, 0.5) is 5.69 Å². The Labute approximate surface area is 174 Å². The van der Waals surface area contributed by atoms with E-state index in [2.05, 4.69) is 10.4 Å². The quantitative estimate of drug-likeness (QED) is 0.615. The number of hydrogen-bond acceptors (Lipinski definition) is 4. The molecule has 0 aliphatic heterocycles. The number of anilines is 1. The predicted octanol–water partition coefficient (Wildman–Crippen LogP) is 4.26. The van der Waals surface area contributed by atoms with Gasteiger partial charge in [0.15, 0.2) is 6.10 Å². The molecule has 1 N–H and O–H groups in total. The van der Waals surface area contributed by atoms with Gasteiger partial charge in [0, 0.05) is 22.0 Å². The van der Waals surface area contributed by atoms with E-state index in [4.69, 9.17) is 16.3 Å². The number of amides is 1. The van der Waals surface area contributed by atoms with E-state index >= 15 is 0 Å². The number of nitrogens with one attached hydrogen (secondary N) is 1. The van der Waals surface area contributed by atoms with Crippen molar-refractivity contribution in [3.8, 4) is 5.69 Å². The third-order valence-electron chi connectivity index (χ3n) is 4.55. The van der Waals surface area contributed by atoms with Gasteiger partial charge in [-0.3, -0.25) is 9.59 Å². The lowest BCUT2D eigenvalue weighted by Gasteiger charge is -2.14. The zero-order chi connectivity index (χ0) is 21.0. The molecule has 2 aromatic carbocycles. The maximum atomic E-state index is 12.4. The molecular formula is C22H22ClN3O3. The van der Waals surface area contributed by atoms with Gasteiger partial charge < -0.3 is 10.1 Å². The first kappa shape index (κ1) is 20.6. The SMILES string of the molecule is Cc1nn(-c2ccccc2)c(C)c1CC(=O)OC(C)C(=O)Nc1ccc(Cl)cc1. The fourth-order valence-corrected chi connectivity index (χ4v) is 3.09. The molecule has 7 heteroatoms. The van der Waals surface area contributed by atoms with Crippen LogP contribution in [0.15, 0.2) is 54.6 Å². The molecule has 1 heterocycles. The van der Waals surface area contributed by atoms with Crippen LogP contribution in [0.5, 0.6) is 0 Å². The fourth-order valence-electron chi connectivity index (χ4n) is 2.97. The van der Waals surface area contributed by atoms with Crippen molar-refractivity contribution in [2.45, 2.75) is 33.3 Å². The van der Waals surface area contributed by atoms with Crippen LogP contribution in [0, 0.1) is 13.8 Å². The summed E-state index contributed by atoms with van der Waals surface area (Å²) in [4.78, 5) is 24.7. The number of para-hydroxylation sites is 1. The minimum Gasteiger partial charge on any atom is -0.452 e. The van der Waals surface area contributed by atoms with Gasteiger partial charge >= 0.3 is 5.97 Å². The second-order valence-corrected chi connectivity index (χ2v) is 7.14. The first-order valence-corrected chi connectivity index (χ1v) is 9.59. The van der Waals surface area contributed by atoms with Crippen molar-refractivity contribution in [3.63, 3.8) is 0 Å². The summed E-state index contributed by atoms with van der Waals surface area (Å²) < 4.78 is 7.12. The number of carbonyl (C=O) groups is 2. The second-order valence-electron chi connectivity index (χ2n) is 6.70. The molecular weight excluding hydrogens is 390 g/mol. The van der Waals surface area contributed by atoms with Crippen LogP contribution < -0.4 is 5.32 Å². The van der Waals surface area contributed by atoms with Crippen LogP contribution in [0.1, 0.15) is 23.9 Å². The van der Waals surface area contributed by atoms with E-state index in [0.29, 0.717) is 10.7 Å². The van der Waals surface area contributed by atoms with Crippen molar-refractivity contribution in [3.05, 3.63) is 76.6 Å². The van der Waals surface area contributed by atoms with E-state index in [-0.39, 0.29) is 6.42 Å². The van der Waals surface area contributed by atoms with Crippen LogP contribution in [-0.4, -0.2) is 27.8 Å². The maximum absolute atomic E-state index is 12.4. The third kappa shape index (κ3) is 5.03. The number of rotatable bonds is 6. The van der Waals surface area contributed by atoms with E-state index in [9.17, 15) is 9.59 Å². The van der Waals surface area contributed by atoms with Gasteiger partial charge in [-0.2, -0.15) is 5.10 Å². The highest BCUT2D eigenvalue weighted by Gasteiger charge is 2.21. The summed E-state index contributed by atoms with van der Waals surface area (Å²) in [5.41, 5.74) is 3.91. The summed E-state index contributed by atoms with van der Waals surface area (Å²) in [6.45, 7) is 5.30. The zero-order valence-corrected chi connectivity index (χ0v) is 17.2. The van der Waals surface area contributed by atoms with Crippen LogP contribution in [0.3, 0.4) is 0 Å². The number of esters is 1. The van der Waals surface area contributed by atoms with Crippen LogP contribution in [0.2, 0.25) is 5.02 Å². The number of carbonyl (C=O) groups excluding carboxylic acids is 2. The Kier molecular flexibility index (Phi) is 6.34. The molecule has 1 aromatic heterocycles. The molecule has 0 saturated heterocycles. The highest BCUT2D eigenvalue weighted by molar-refractivity contribution is 6.30. The van der Waals surface area contributed by atoms with E-state index in [1.54, 1.807) is 28.9 Å². The Morgan fingerprint density at radius 3 is 2.41 bits per heavy atom. The van der Waals surface area contributed by atoms with Crippen molar-refractivity contribution in [2.24, 2.45) is 0 Å². The Hall–Kier alpha value is -3.12. The largest absolute Gasteiger partial charge is 0.452 e. The number of aromatic nitrogens is 2. The molecule has 0 bridgehead atoms. The first-order valence-electron chi connectivity index (χ1n) is 9.21. The van der Waals surface area contributed by atoms with E-state index < -0.39 is 18.0 Å². The van der Waals surface area contributed by atoms with Gasteiger partial charge in [-0.15, -0.1) is 0 Å². The maximum Gasteiger partial charge on any atom is 0.311 e. The van der Waals surface area contributed by atoms with E-state index in [1.165, 1.54) is 6.92 Å². The van der Waals surface area contributed by atoms with Crippen molar-refractivity contribution in [1.29, 1.82) is 0 Å². The molecule has 3 aromatic rings. The Balaban J connectivity index is 1.64. The Morgan fingerprint density at radius 1 is 1.10 bits per heavy atom. The number of nitrogens with zero attached hydrogens (tertiary/aromatic N) is 2. The van der Waals surface area contributed by atoms with Crippen molar-refractivity contribution < 1.29 is 14.3 Å². The normalized spacial score (nSPS) is 11.7. The van der Waals surface area contributed by atoms with Crippen LogP contribution in [-0.2, 0) is 20.7 Å². The molecule has 0 aliphatic rings. The van der Waals surface area contributed by atoms with Gasteiger partial charge in [0.1, 0.15) is 0 Å². The number of hydrogen-bond donors (Lipinski definition) is 1. The molecule has 6 nitrogen and oxygen atoms in total. The fraction of sp³-hybridized carbons (Fsp3) is 0.227. The molecule has 3 rings (SSSR count). The minimum atomic E-state index is -0.928. The predicted molar refractivity (Wildman–Crippen MR) is 112 cm³/mol. The van der Waals surface area contributed by atoms with Crippen LogP contribution in [0.25, 0.3) is 5.69 Å². The van der Waals surface area contributed by atoms with Gasteiger partial charge in [-0.25, -0.2) is 4.68 Å². The standard InChI is InChI=1S/C22H22ClN3O3/c1-14-20(15(2)26(25-14)19-7-5-4-6-8-19)13-21(27)29-16(3)22(28)24-18-11-9-17(23)10-12-18/h4-12,16H,13H2,1-3H3,(H,24,28). The lowest BCUT2D eigenvalue weighted by molar-refractivity contribution is -0.152. The highest BCUT2D eigenvalue weighted by atomic mass is 35.5. The zero-order valence-electron chi connectivity index (χ0n) is 16.5. The van der Waals surface area contributed by atoms with E-state index in [1.807, 2.05) is 44.2 Å². The van der Waals surface area contributed by atoms with Gasteiger partial charge in [-0.05, 0) is 57.2 Å². The average molecular weight is 412 g/mol. The number of ether oxygens (including phenoxy) is 1. The smallest absolute Gasteiger partial charge is 0.311 e. The molecule has 0 radical (unpaired) electrons. The first-order chi connectivity index (χ1) is 13.8. The third-order valence-corrected chi connectivity index (χ3v) is 4.80. The molecule has 0 spiro atoms. The van der Waals surface area contributed by atoms with Gasteiger partial charge in [0.2, 0.25) is 0 Å². The summed E-state index contributed by atoms with van der Waals surface area (Å²) in [5, 5.41) is 7.80.